The molecule has 0 radical (unpaired) electrons. The summed E-state index contributed by atoms with van der Waals surface area (Å²) in [4.78, 5) is 21.5. The zero-order valence-corrected chi connectivity index (χ0v) is 16.0. The Labute approximate surface area is 166 Å². The van der Waals surface area contributed by atoms with E-state index in [0.29, 0.717) is 24.6 Å². The summed E-state index contributed by atoms with van der Waals surface area (Å²) in [6.45, 7) is 0. The molecule has 4 aromatic rings. The Bertz CT molecular complexity index is 1110. The zero-order chi connectivity index (χ0) is 18.9. The molecule has 0 atom stereocenters. The fourth-order valence-electron chi connectivity index (χ4n) is 3.15. The SMILES string of the molecule is O=C(CCc1nc2ccccc2s1)Nc1cccc(-c2n[nH]c(C3CC3)n2)c1. The van der Waals surface area contributed by atoms with Gasteiger partial charge in [0, 0.05) is 30.0 Å². The molecule has 1 aliphatic rings. The third-order valence-corrected chi connectivity index (χ3v) is 5.87. The zero-order valence-electron chi connectivity index (χ0n) is 15.2. The van der Waals surface area contributed by atoms with Crippen molar-refractivity contribution in [1.29, 1.82) is 0 Å². The molecule has 28 heavy (non-hydrogen) atoms. The molecule has 0 saturated heterocycles. The molecule has 1 fully saturated rings. The lowest BCUT2D eigenvalue weighted by Gasteiger charge is -2.05. The average Bonchev–Trinajstić information content (AvgIpc) is 3.28. The summed E-state index contributed by atoms with van der Waals surface area (Å²) in [5.74, 6) is 2.14. The fraction of sp³-hybridized carbons (Fsp3) is 0.238. The van der Waals surface area contributed by atoms with Crippen molar-refractivity contribution in [1.82, 2.24) is 20.2 Å². The number of benzene rings is 2. The van der Waals surface area contributed by atoms with Crippen LogP contribution in [0.3, 0.4) is 0 Å². The highest BCUT2D eigenvalue weighted by Gasteiger charge is 2.27. The van der Waals surface area contributed by atoms with Crippen LogP contribution in [-0.2, 0) is 11.2 Å². The van der Waals surface area contributed by atoms with Crippen molar-refractivity contribution in [3.63, 3.8) is 0 Å². The first-order valence-corrected chi connectivity index (χ1v) is 10.2. The smallest absolute Gasteiger partial charge is 0.224 e. The number of anilines is 1. The number of H-pyrrole nitrogens is 1. The number of thiazole rings is 1. The van der Waals surface area contributed by atoms with Gasteiger partial charge in [0.2, 0.25) is 5.91 Å². The van der Waals surface area contributed by atoms with Gasteiger partial charge in [-0.3, -0.25) is 9.89 Å². The summed E-state index contributed by atoms with van der Waals surface area (Å²) >= 11 is 1.64. The summed E-state index contributed by atoms with van der Waals surface area (Å²) in [7, 11) is 0. The maximum Gasteiger partial charge on any atom is 0.224 e. The van der Waals surface area contributed by atoms with Crippen LogP contribution in [-0.4, -0.2) is 26.1 Å². The third-order valence-electron chi connectivity index (χ3n) is 4.78. The number of fused-ring (bicyclic) bond motifs is 1. The highest BCUT2D eigenvalue weighted by Crippen LogP contribution is 2.38. The van der Waals surface area contributed by atoms with Crippen LogP contribution >= 0.6 is 11.3 Å². The Morgan fingerprint density at radius 1 is 1.14 bits per heavy atom. The molecule has 0 spiro atoms. The van der Waals surface area contributed by atoms with Gasteiger partial charge in [-0.15, -0.1) is 11.3 Å². The van der Waals surface area contributed by atoms with E-state index >= 15 is 0 Å². The normalized spacial score (nSPS) is 13.7. The van der Waals surface area contributed by atoms with Crippen molar-refractivity contribution >= 4 is 33.1 Å². The lowest BCUT2D eigenvalue weighted by molar-refractivity contribution is -0.116. The van der Waals surface area contributed by atoms with Gasteiger partial charge in [-0.2, -0.15) is 5.10 Å². The minimum atomic E-state index is -0.0231. The predicted octanol–water partition coefficient (Wildman–Crippen LogP) is 4.53. The number of aryl methyl sites for hydroxylation is 1. The van der Waals surface area contributed by atoms with E-state index in [4.69, 9.17) is 0 Å². The number of amides is 1. The highest BCUT2D eigenvalue weighted by atomic mass is 32.1. The summed E-state index contributed by atoms with van der Waals surface area (Å²) in [6, 6.07) is 15.7. The van der Waals surface area contributed by atoms with E-state index in [1.54, 1.807) is 11.3 Å². The van der Waals surface area contributed by atoms with Crippen molar-refractivity contribution in [2.24, 2.45) is 0 Å². The second-order valence-corrected chi connectivity index (χ2v) is 8.14. The molecule has 2 aromatic carbocycles. The first kappa shape index (κ1) is 17.1. The van der Waals surface area contributed by atoms with Gasteiger partial charge in [0.1, 0.15) is 5.82 Å². The minimum Gasteiger partial charge on any atom is -0.326 e. The minimum absolute atomic E-state index is 0.0231. The molecule has 2 heterocycles. The molecular formula is C21H19N5OS. The van der Waals surface area contributed by atoms with Gasteiger partial charge in [0.25, 0.3) is 0 Å². The second-order valence-electron chi connectivity index (χ2n) is 7.02. The molecule has 140 valence electrons. The molecule has 1 amide bonds. The number of carbonyl (C=O) groups is 1. The van der Waals surface area contributed by atoms with Crippen LogP contribution in [0.5, 0.6) is 0 Å². The van der Waals surface area contributed by atoms with Gasteiger partial charge in [0.05, 0.1) is 15.2 Å². The van der Waals surface area contributed by atoms with Crippen molar-refractivity contribution < 1.29 is 4.79 Å². The van der Waals surface area contributed by atoms with E-state index in [1.807, 2.05) is 42.5 Å². The van der Waals surface area contributed by atoms with Crippen molar-refractivity contribution in [2.75, 3.05) is 5.32 Å². The Morgan fingerprint density at radius 2 is 2.04 bits per heavy atom. The summed E-state index contributed by atoms with van der Waals surface area (Å²) in [5.41, 5.74) is 2.64. The van der Waals surface area contributed by atoms with Gasteiger partial charge in [-0.25, -0.2) is 9.97 Å². The molecule has 2 N–H and O–H groups in total. The number of aromatic amines is 1. The van der Waals surface area contributed by atoms with Gasteiger partial charge >= 0.3 is 0 Å². The predicted molar refractivity (Wildman–Crippen MR) is 110 cm³/mol. The maximum atomic E-state index is 12.4. The van der Waals surface area contributed by atoms with Crippen molar-refractivity contribution in [2.45, 2.75) is 31.6 Å². The summed E-state index contributed by atoms with van der Waals surface area (Å²) in [5, 5.41) is 11.3. The van der Waals surface area contributed by atoms with Crippen molar-refractivity contribution in [3.05, 3.63) is 59.4 Å². The summed E-state index contributed by atoms with van der Waals surface area (Å²) < 4.78 is 1.16. The van der Waals surface area contributed by atoms with Crippen LogP contribution in [0.25, 0.3) is 21.6 Å². The van der Waals surface area contributed by atoms with E-state index in [1.165, 1.54) is 12.8 Å². The Hall–Kier alpha value is -3.06. The van der Waals surface area contributed by atoms with Gasteiger partial charge in [-0.05, 0) is 37.1 Å². The maximum absolute atomic E-state index is 12.4. The molecule has 7 heteroatoms. The molecule has 5 rings (SSSR count). The number of nitrogens with one attached hydrogen (secondary N) is 2. The van der Waals surface area contributed by atoms with Crippen LogP contribution in [0.15, 0.2) is 48.5 Å². The Balaban J connectivity index is 1.23. The monoisotopic (exact) mass is 389 g/mol. The quantitative estimate of drug-likeness (QED) is 0.507. The lowest BCUT2D eigenvalue weighted by atomic mass is 10.2. The largest absolute Gasteiger partial charge is 0.326 e. The first-order valence-electron chi connectivity index (χ1n) is 9.42. The summed E-state index contributed by atoms with van der Waals surface area (Å²) in [6.07, 6.45) is 3.39. The topological polar surface area (TPSA) is 83.6 Å². The first-order chi connectivity index (χ1) is 13.7. The van der Waals surface area contributed by atoms with E-state index in [9.17, 15) is 4.79 Å². The van der Waals surface area contributed by atoms with E-state index in [0.717, 1.165) is 32.3 Å². The third kappa shape index (κ3) is 3.66. The molecule has 1 saturated carbocycles. The number of hydrogen-bond donors (Lipinski definition) is 2. The van der Waals surface area contributed by atoms with Gasteiger partial charge in [-0.1, -0.05) is 24.3 Å². The van der Waals surface area contributed by atoms with Crippen LogP contribution in [0.4, 0.5) is 5.69 Å². The van der Waals surface area contributed by atoms with Crippen molar-refractivity contribution in [3.8, 4) is 11.4 Å². The van der Waals surface area contributed by atoms with E-state index in [-0.39, 0.29) is 5.91 Å². The molecule has 0 aliphatic heterocycles. The van der Waals surface area contributed by atoms with Gasteiger partial charge < -0.3 is 5.32 Å². The van der Waals surface area contributed by atoms with Crippen LogP contribution in [0, 0.1) is 0 Å². The standard InChI is InChI=1S/C21H19N5OS/c27-18(10-11-19-23-16-6-1-2-7-17(16)28-19)22-15-5-3-4-14(12-15)21-24-20(25-26-21)13-8-9-13/h1-7,12-13H,8-11H2,(H,22,27)(H,24,25,26). The molecule has 0 bridgehead atoms. The Kier molecular flexibility index (Phi) is 4.37. The number of rotatable bonds is 6. The number of aromatic nitrogens is 4. The lowest BCUT2D eigenvalue weighted by Crippen LogP contribution is -2.12. The highest BCUT2D eigenvalue weighted by molar-refractivity contribution is 7.18. The number of carbonyl (C=O) groups excluding carboxylic acids is 1. The fourth-order valence-corrected chi connectivity index (χ4v) is 4.12. The number of hydrogen-bond acceptors (Lipinski definition) is 5. The van der Waals surface area contributed by atoms with E-state index in [2.05, 4.69) is 31.5 Å². The molecule has 0 unspecified atom stereocenters. The second kappa shape index (κ2) is 7.16. The Morgan fingerprint density at radius 3 is 2.89 bits per heavy atom. The van der Waals surface area contributed by atoms with Gasteiger partial charge in [0.15, 0.2) is 5.82 Å². The molecule has 6 nitrogen and oxygen atoms in total. The number of nitrogens with zero attached hydrogens (tertiary/aromatic N) is 3. The van der Waals surface area contributed by atoms with Crippen LogP contribution < -0.4 is 5.32 Å². The molecular weight excluding hydrogens is 370 g/mol. The number of para-hydroxylation sites is 1. The average molecular weight is 389 g/mol. The van der Waals surface area contributed by atoms with E-state index < -0.39 is 0 Å². The van der Waals surface area contributed by atoms with Crippen LogP contribution in [0.1, 0.15) is 36.0 Å². The van der Waals surface area contributed by atoms with Crippen LogP contribution in [0.2, 0.25) is 0 Å². The molecule has 2 aromatic heterocycles. The molecule has 1 aliphatic carbocycles.